The number of carboxylic acid groups (broad SMARTS) is 2. The molecule has 0 aliphatic carbocycles. The van der Waals surface area contributed by atoms with E-state index in [0.717, 1.165) is 12.1 Å². The zero-order valence-corrected chi connectivity index (χ0v) is 7.59. The van der Waals surface area contributed by atoms with Crippen LogP contribution < -0.4 is 0 Å². The van der Waals surface area contributed by atoms with Crippen LogP contribution in [0.1, 0.15) is 20.7 Å². The lowest BCUT2D eigenvalue weighted by molar-refractivity contribution is 0.0646. The molecule has 2 N–H and O–H groups in total. The van der Waals surface area contributed by atoms with Gasteiger partial charge in [0.1, 0.15) is 11.4 Å². The summed E-state index contributed by atoms with van der Waals surface area (Å²) in [6, 6.07) is 1.83. The van der Waals surface area contributed by atoms with Crippen LogP contribution in [0.15, 0.2) is 17.0 Å². The molecule has 4 nitrogen and oxygen atoms in total. The van der Waals surface area contributed by atoms with Gasteiger partial charge in [0.15, 0.2) is 0 Å². The number of aromatic carboxylic acids is 2. The molecule has 1 aromatic rings. The van der Waals surface area contributed by atoms with Gasteiger partial charge in [-0.05, 0) is 12.1 Å². The largest absolute Gasteiger partial charge is 0.478 e. The van der Waals surface area contributed by atoms with Crippen LogP contribution in [0.3, 0.4) is 0 Å². The van der Waals surface area contributed by atoms with Gasteiger partial charge < -0.3 is 10.2 Å². The van der Waals surface area contributed by atoms with Crippen molar-refractivity contribution >= 4 is 24.6 Å². The van der Waals surface area contributed by atoms with E-state index in [1.54, 1.807) is 0 Å². The molecule has 1 rings (SSSR count). The highest BCUT2D eigenvalue weighted by molar-refractivity contribution is 7.80. The predicted molar refractivity (Wildman–Crippen MR) is 47.6 cm³/mol. The molecule has 0 heterocycles. The second-order valence-electron chi connectivity index (χ2n) is 2.46. The van der Waals surface area contributed by atoms with Gasteiger partial charge in [-0.15, -0.1) is 12.6 Å². The number of thiol groups is 1. The van der Waals surface area contributed by atoms with E-state index in [4.69, 9.17) is 10.2 Å². The maximum atomic E-state index is 13.0. The van der Waals surface area contributed by atoms with Crippen molar-refractivity contribution in [1.29, 1.82) is 0 Å². The van der Waals surface area contributed by atoms with Crippen molar-refractivity contribution in [2.24, 2.45) is 0 Å². The van der Waals surface area contributed by atoms with Crippen molar-refractivity contribution in [2.45, 2.75) is 4.90 Å². The van der Waals surface area contributed by atoms with Gasteiger partial charge in [-0.25, -0.2) is 14.0 Å². The van der Waals surface area contributed by atoms with E-state index in [1.165, 1.54) is 0 Å². The summed E-state index contributed by atoms with van der Waals surface area (Å²) in [6.07, 6.45) is 0. The standard InChI is InChI=1S/C8H5FO4S/c9-5-2-3(14)1-4(7(10)11)6(5)8(12)13/h1-2,14H,(H,10,11)(H,12,13). The Morgan fingerprint density at radius 3 is 2.21 bits per heavy atom. The third kappa shape index (κ3) is 1.85. The van der Waals surface area contributed by atoms with Crippen molar-refractivity contribution in [2.75, 3.05) is 0 Å². The SMILES string of the molecule is O=C(O)c1cc(S)cc(F)c1C(=O)O. The van der Waals surface area contributed by atoms with E-state index in [1.807, 2.05) is 0 Å². The first-order valence-corrected chi connectivity index (χ1v) is 3.87. The first-order valence-electron chi connectivity index (χ1n) is 3.42. The van der Waals surface area contributed by atoms with Gasteiger partial charge in [-0.3, -0.25) is 0 Å². The molecular formula is C8H5FO4S. The Hall–Kier alpha value is -1.56. The van der Waals surface area contributed by atoms with Gasteiger partial charge in [0, 0.05) is 4.90 Å². The first-order chi connectivity index (χ1) is 6.43. The van der Waals surface area contributed by atoms with Crippen LogP contribution in [-0.4, -0.2) is 22.2 Å². The molecule has 0 atom stereocenters. The van der Waals surface area contributed by atoms with E-state index in [2.05, 4.69) is 12.6 Å². The van der Waals surface area contributed by atoms with E-state index in [-0.39, 0.29) is 4.90 Å². The molecule has 1 aromatic carbocycles. The summed E-state index contributed by atoms with van der Waals surface area (Å²) >= 11 is 3.74. The van der Waals surface area contributed by atoms with Crippen molar-refractivity contribution in [1.82, 2.24) is 0 Å². The summed E-state index contributed by atoms with van der Waals surface area (Å²) < 4.78 is 13.0. The maximum absolute atomic E-state index is 13.0. The van der Waals surface area contributed by atoms with Crippen LogP contribution in [0.2, 0.25) is 0 Å². The average molecular weight is 216 g/mol. The molecular weight excluding hydrogens is 211 g/mol. The Morgan fingerprint density at radius 2 is 1.79 bits per heavy atom. The third-order valence-corrected chi connectivity index (χ3v) is 1.78. The second-order valence-corrected chi connectivity index (χ2v) is 2.98. The van der Waals surface area contributed by atoms with Gasteiger partial charge >= 0.3 is 11.9 Å². The summed E-state index contributed by atoms with van der Waals surface area (Å²) in [6.45, 7) is 0. The van der Waals surface area contributed by atoms with Gasteiger partial charge in [0.25, 0.3) is 0 Å². The maximum Gasteiger partial charge on any atom is 0.339 e. The fourth-order valence-corrected chi connectivity index (χ4v) is 1.22. The Kier molecular flexibility index (Phi) is 2.76. The molecule has 0 spiro atoms. The Bertz CT molecular complexity index is 416. The Labute approximate surface area is 83.4 Å². The van der Waals surface area contributed by atoms with Gasteiger partial charge in [0.2, 0.25) is 0 Å². The van der Waals surface area contributed by atoms with E-state index in [9.17, 15) is 14.0 Å². The van der Waals surface area contributed by atoms with Gasteiger partial charge in [-0.1, -0.05) is 0 Å². The molecule has 0 radical (unpaired) electrons. The molecule has 6 heteroatoms. The second kappa shape index (κ2) is 3.67. The van der Waals surface area contributed by atoms with E-state index < -0.39 is 28.9 Å². The normalized spacial score (nSPS) is 9.86. The zero-order chi connectivity index (χ0) is 10.9. The fourth-order valence-electron chi connectivity index (χ4n) is 0.978. The molecule has 0 aromatic heterocycles. The minimum Gasteiger partial charge on any atom is -0.478 e. The minimum atomic E-state index is -1.62. The zero-order valence-electron chi connectivity index (χ0n) is 6.69. The van der Waals surface area contributed by atoms with Crippen molar-refractivity contribution in [3.63, 3.8) is 0 Å². The molecule has 0 saturated heterocycles. The summed E-state index contributed by atoms with van der Waals surface area (Å²) in [5.74, 6) is -4.23. The van der Waals surface area contributed by atoms with Crippen molar-refractivity contribution in [3.8, 4) is 0 Å². The highest BCUT2D eigenvalue weighted by Gasteiger charge is 2.21. The highest BCUT2D eigenvalue weighted by atomic mass is 32.1. The number of carboxylic acids is 2. The summed E-state index contributed by atoms with van der Waals surface area (Å²) in [7, 11) is 0. The van der Waals surface area contributed by atoms with Crippen LogP contribution in [0.4, 0.5) is 4.39 Å². The molecule has 0 bridgehead atoms. The number of hydrogen-bond donors (Lipinski definition) is 3. The number of hydrogen-bond acceptors (Lipinski definition) is 3. The molecule has 0 fully saturated rings. The number of carbonyl (C=O) groups is 2. The molecule has 74 valence electrons. The molecule has 0 aliphatic heterocycles. The molecule has 0 amide bonds. The fraction of sp³-hybridized carbons (Fsp3) is 0. The number of benzene rings is 1. The Morgan fingerprint density at radius 1 is 1.21 bits per heavy atom. The monoisotopic (exact) mass is 216 g/mol. The van der Waals surface area contributed by atoms with E-state index in [0.29, 0.717) is 0 Å². The van der Waals surface area contributed by atoms with Gasteiger partial charge in [-0.2, -0.15) is 0 Å². The third-order valence-electron chi connectivity index (χ3n) is 1.52. The molecule has 0 aliphatic rings. The first kappa shape index (κ1) is 10.5. The summed E-state index contributed by atoms with van der Waals surface area (Å²) in [4.78, 5) is 21.2. The Balaban J connectivity index is 3.52. The van der Waals surface area contributed by atoms with E-state index >= 15 is 0 Å². The van der Waals surface area contributed by atoms with Crippen molar-refractivity contribution in [3.05, 3.63) is 29.1 Å². The molecule has 0 saturated carbocycles. The number of rotatable bonds is 2. The van der Waals surface area contributed by atoms with Crippen LogP contribution in [0.5, 0.6) is 0 Å². The van der Waals surface area contributed by atoms with Crippen molar-refractivity contribution < 1.29 is 24.2 Å². The lowest BCUT2D eigenvalue weighted by Crippen LogP contribution is -2.10. The molecule has 0 unspecified atom stereocenters. The van der Waals surface area contributed by atoms with Crippen LogP contribution in [0.25, 0.3) is 0 Å². The predicted octanol–water partition coefficient (Wildman–Crippen LogP) is 1.51. The lowest BCUT2D eigenvalue weighted by Gasteiger charge is -2.03. The summed E-state index contributed by atoms with van der Waals surface area (Å²) in [5, 5.41) is 17.2. The van der Waals surface area contributed by atoms with Crippen LogP contribution in [0, 0.1) is 5.82 Å². The van der Waals surface area contributed by atoms with Crippen LogP contribution in [-0.2, 0) is 0 Å². The summed E-state index contributed by atoms with van der Waals surface area (Å²) in [5.41, 5.74) is -1.46. The van der Waals surface area contributed by atoms with Crippen LogP contribution >= 0.6 is 12.6 Å². The minimum absolute atomic E-state index is 0.0601. The molecule has 14 heavy (non-hydrogen) atoms. The lowest BCUT2D eigenvalue weighted by atomic mass is 10.1. The number of halogens is 1. The van der Waals surface area contributed by atoms with Gasteiger partial charge in [0.05, 0.1) is 5.56 Å². The quantitative estimate of drug-likeness (QED) is 0.655. The average Bonchev–Trinajstić information content (AvgIpc) is 2.01. The topological polar surface area (TPSA) is 74.6 Å². The smallest absolute Gasteiger partial charge is 0.339 e. The highest BCUT2D eigenvalue weighted by Crippen LogP contribution is 2.19.